The van der Waals surface area contributed by atoms with Crippen molar-refractivity contribution < 1.29 is 18.3 Å². The molecule has 0 saturated heterocycles. The maximum atomic E-state index is 12.1. The van der Waals surface area contributed by atoms with Crippen LogP contribution in [0.25, 0.3) is 0 Å². The molecule has 1 aromatic carbocycles. The first kappa shape index (κ1) is 15.1. The first-order valence-corrected chi connectivity index (χ1v) is 7.00. The van der Waals surface area contributed by atoms with Gasteiger partial charge in [0.1, 0.15) is 0 Å². The van der Waals surface area contributed by atoms with E-state index in [-0.39, 0.29) is 24.3 Å². The Kier molecular flexibility index (Phi) is 5.03. The Balaban J connectivity index is 2.78. The number of hydrogen-bond donors (Lipinski definition) is 1. The topological polar surface area (TPSA) is 98.5 Å². The van der Waals surface area contributed by atoms with Crippen LogP contribution in [0.5, 0.6) is 0 Å². The fraction of sp³-hybridized carbons (Fsp3) is 0.333. The fourth-order valence-electron chi connectivity index (χ4n) is 1.45. The van der Waals surface area contributed by atoms with Gasteiger partial charge in [0.25, 0.3) is 0 Å². The molecule has 0 aliphatic heterocycles. The third kappa shape index (κ3) is 4.05. The van der Waals surface area contributed by atoms with Gasteiger partial charge in [-0.25, -0.2) is 12.7 Å². The lowest BCUT2D eigenvalue weighted by Crippen LogP contribution is -2.28. The van der Waals surface area contributed by atoms with E-state index >= 15 is 0 Å². The summed E-state index contributed by atoms with van der Waals surface area (Å²) in [5.74, 6) is -0.954. The summed E-state index contributed by atoms with van der Waals surface area (Å²) in [5.41, 5.74) is 0.382. The molecule has 7 heteroatoms. The third-order valence-electron chi connectivity index (χ3n) is 2.56. The second-order valence-corrected chi connectivity index (χ2v) is 6.00. The summed E-state index contributed by atoms with van der Waals surface area (Å²) in [7, 11) is -2.23. The van der Waals surface area contributed by atoms with Gasteiger partial charge in [-0.1, -0.05) is 0 Å². The van der Waals surface area contributed by atoms with Gasteiger partial charge in [-0.2, -0.15) is 5.26 Å². The van der Waals surface area contributed by atoms with Gasteiger partial charge >= 0.3 is 5.97 Å². The Morgan fingerprint density at radius 2 is 1.95 bits per heavy atom. The molecular formula is C12H14N2O4S. The van der Waals surface area contributed by atoms with Gasteiger partial charge in [0, 0.05) is 20.0 Å². The number of benzene rings is 1. The van der Waals surface area contributed by atoms with Crippen molar-refractivity contribution in [2.75, 3.05) is 13.6 Å². The van der Waals surface area contributed by atoms with Crippen molar-refractivity contribution in [3.05, 3.63) is 29.8 Å². The van der Waals surface area contributed by atoms with Gasteiger partial charge in [0.15, 0.2) is 0 Å². The van der Waals surface area contributed by atoms with Crippen molar-refractivity contribution in [3.63, 3.8) is 0 Å². The highest BCUT2D eigenvalue weighted by molar-refractivity contribution is 7.89. The van der Waals surface area contributed by atoms with Gasteiger partial charge in [-0.15, -0.1) is 0 Å². The zero-order chi connectivity index (χ0) is 14.5. The lowest BCUT2D eigenvalue weighted by atomic mass is 10.2. The van der Waals surface area contributed by atoms with Crippen LogP contribution in [0, 0.1) is 11.3 Å². The zero-order valence-corrected chi connectivity index (χ0v) is 11.2. The molecule has 102 valence electrons. The maximum Gasteiger partial charge on any atom is 0.303 e. The third-order valence-corrected chi connectivity index (χ3v) is 4.43. The van der Waals surface area contributed by atoms with Crippen molar-refractivity contribution in [2.45, 2.75) is 17.7 Å². The molecule has 0 saturated carbocycles. The van der Waals surface area contributed by atoms with E-state index in [4.69, 9.17) is 10.4 Å². The predicted molar refractivity (Wildman–Crippen MR) is 67.8 cm³/mol. The Labute approximate surface area is 111 Å². The number of carboxylic acids is 1. The first-order valence-electron chi connectivity index (χ1n) is 5.56. The van der Waals surface area contributed by atoms with Crippen LogP contribution in [-0.4, -0.2) is 37.4 Å². The first-order chi connectivity index (χ1) is 8.87. The Hall–Kier alpha value is -1.91. The SMILES string of the molecule is CN(CCCC(=O)O)S(=O)(=O)c1ccc(C#N)cc1. The summed E-state index contributed by atoms with van der Waals surface area (Å²) >= 11 is 0. The number of carbonyl (C=O) groups is 1. The minimum Gasteiger partial charge on any atom is -0.481 e. The summed E-state index contributed by atoms with van der Waals surface area (Å²) < 4.78 is 25.3. The number of aliphatic carboxylic acids is 1. The number of nitrogens with zero attached hydrogens (tertiary/aromatic N) is 2. The quantitative estimate of drug-likeness (QED) is 0.840. The van der Waals surface area contributed by atoms with Crippen LogP contribution in [0.2, 0.25) is 0 Å². The van der Waals surface area contributed by atoms with Gasteiger partial charge < -0.3 is 5.11 Å². The van der Waals surface area contributed by atoms with Crippen molar-refractivity contribution in [2.24, 2.45) is 0 Å². The molecule has 0 atom stereocenters. The highest BCUT2D eigenvalue weighted by Gasteiger charge is 2.20. The zero-order valence-electron chi connectivity index (χ0n) is 10.4. The molecule has 1 N–H and O–H groups in total. The van der Waals surface area contributed by atoms with Gasteiger partial charge in [0.2, 0.25) is 10.0 Å². The van der Waals surface area contributed by atoms with E-state index in [0.29, 0.717) is 5.56 Å². The highest BCUT2D eigenvalue weighted by atomic mass is 32.2. The average molecular weight is 282 g/mol. The molecule has 0 fully saturated rings. The van der Waals surface area contributed by atoms with E-state index in [1.807, 2.05) is 6.07 Å². The van der Waals surface area contributed by atoms with Crippen LogP contribution in [0.4, 0.5) is 0 Å². The van der Waals surface area contributed by atoms with E-state index in [1.54, 1.807) is 0 Å². The minimum atomic E-state index is -3.63. The second-order valence-electron chi connectivity index (χ2n) is 3.96. The van der Waals surface area contributed by atoms with E-state index in [0.717, 1.165) is 4.31 Å². The molecule has 0 bridgehead atoms. The Morgan fingerprint density at radius 1 is 1.37 bits per heavy atom. The second kappa shape index (κ2) is 6.31. The monoisotopic (exact) mass is 282 g/mol. The number of hydrogen-bond acceptors (Lipinski definition) is 4. The van der Waals surface area contributed by atoms with E-state index in [9.17, 15) is 13.2 Å². The van der Waals surface area contributed by atoms with E-state index in [1.165, 1.54) is 31.3 Å². The molecule has 19 heavy (non-hydrogen) atoms. The summed E-state index contributed by atoms with van der Waals surface area (Å²) in [6, 6.07) is 7.49. The molecule has 0 unspecified atom stereocenters. The number of sulfonamides is 1. The van der Waals surface area contributed by atoms with Crippen LogP contribution in [0.15, 0.2) is 29.2 Å². The van der Waals surface area contributed by atoms with Crippen molar-refractivity contribution in [1.82, 2.24) is 4.31 Å². The van der Waals surface area contributed by atoms with Crippen molar-refractivity contribution in [1.29, 1.82) is 5.26 Å². The molecule has 0 aromatic heterocycles. The molecule has 0 aliphatic rings. The fourth-order valence-corrected chi connectivity index (χ4v) is 2.66. The molecular weight excluding hydrogens is 268 g/mol. The average Bonchev–Trinajstić information content (AvgIpc) is 2.38. The smallest absolute Gasteiger partial charge is 0.303 e. The summed E-state index contributed by atoms with van der Waals surface area (Å²) in [6.45, 7) is 0.134. The van der Waals surface area contributed by atoms with E-state index in [2.05, 4.69) is 0 Å². The molecule has 1 rings (SSSR count). The highest BCUT2D eigenvalue weighted by Crippen LogP contribution is 2.15. The Morgan fingerprint density at radius 3 is 2.42 bits per heavy atom. The predicted octanol–water partition coefficient (Wildman–Crippen LogP) is 1.04. The molecule has 6 nitrogen and oxygen atoms in total. The van der Waals surface area contributed by atoms with Crippen LogP contribution in [-0.2, 0) is 14.8 Å². The minimum absolute atomic E-state index is 0.0762. The molecule has 0 spiro atoms. The standard InChI is InChI=1S/C12H14N2O4S/c1-14(8-2-3-12(15)16)19(17,18)11-6-4-10(9-13)5-7-11/h4-7H,2-3,8H2,1H3,(H,15,16). The molecule has 0 radical (unpaired) electrons. The van der Waals surface area contributed by atoms with E-state index < -0.39 is 16.0 Å². The van der Waals surface area contributed by atoms with Crippen LogP contribution < -0.4 is 0 Å². The van der Waals surface area contributed by atoms with Gasteiger partial charge in [0.05, 0.1) is 16.5 Å². The summed E-state index contributed by atoms with van der Waals surface area (Å²) in [6.07, 6.45) is 0.175. The lowest BCUT2D eigenvalue weighted by Gasteiger charge is -2.16. The maximum absolute atomic E-state index is 12.1. The van der Waals surface area contributed by atoms with Gasteiger partial charge in [-0.3, -0.25) is 4.79 Å². The lowest BCUT2D eigenvalue weighted by molar-refractivity contribution is -0.137. The largest absolute Gasteiger partial charge is 0.481 e. The number of carboxylic acid groups (broad SMARTS) is 1. The van der Waals surface area contributed by atoms with Crippen LogP contribution in [0.3, 0.4) is 0 Å². The molecule has 0 heterocycles. The summed E-state index contributed by atoms with van der Waals surface area (Å²) in [5, 5.41) is 17.1. The number of nitriles is 1. The summed E-state index contributed by atoms with van der Waals surface area (Å²) in [4.78, 5) is 10.5. The van der Waals surface area contributed by atoms with Crippen molar-refractivity contribution in [3.8, 4) is 6.07 Å². The van der Waals surface area contributed by atoms with Crippen LogP contribution >= 0.6 is 0 Å². The molecule has 0 amide bonds. The van der Waals surface area contributed by atoms with Crippen molar-refractivity contribution >= 4 is 16.0 Å². The van der Waals surface area contributed by atoms with Gasteiger partial charge in [-0.05, 0) is 30.7 Å². The Bertz CT molecular complexity index is 587. The van der Waals surface area contributed by atoms with Crippen LogP contribution in [0.1, 0.15) is 18.4 Å². The molecule has 0 aliphatic carbocycles. The normalized spacial score (nSPS) is 11.2. The molecule has 1 aromatic rings. The number of rotatable bonds is 6.